The van der Waals surface area contributed by atoms with Crippen LogP contribution in [0, 0.1) is 6.92 Å². The fourth-order valence-corrected chi connectivity index (χ4v) is 3.99. The number of carbonyl (C=O) groups excluding carboxylic acids is 2. The summed E-state index contributed by atoms with van der Waals surface area (Å²) in [5.41, 5.74) is 1.55. The maximum atomic E-state index is 12.8. The number of anilines is 1. The van der Waals surface area contributed by atoms with Gasteiger partial charge in [-0.05, 0) is 44.5 Å². The van der Waals surface area contributed by atoms with Crippen LogP contribution in [0.4, 0.5) is 10.5 Å². The van der Waals surface area contributed by atoms with Crippen LogP contribution in [-0.2, 0) is 4.79 Å². The number of likely N-dealkylation sites (tertiary alicyclic amines) is 1. The minimum atomic E-state index is -0.138. The highest BCUT2D eigenvalue weighted by Gasteiger charge is 2.42. The van der Waals surface area contributed by atoms with Gasteiger partial charge in [0.2, 0.25) is 5.91 Å². The standard InChI is InChI=1S/C19H27ClN4O2/c1-14-4-5-15(12-16(14)20)21-18(26)24-11-10-23(3)19(13-24)7-6-17(25)22(2)9-8-19/h4-5,12H,6-11,13H2,1-3H3,(H,21,26). The molecule has 142 valence electrons. The van der Waals surface area contributed by atoms with Crippen molar-refractivity contribution in [3.05, 3.63) is 28.8 Å². The zero-order chi connectivity index (χ0) is 18.9. The number of hydrogen-bond acceptors (Lipinski definition) is 3. The Morgan fingerprint density at radius 1 is 1.19 bits per heavy atom. The second kappa shape index (κ2) is 7.45. The smallest absolute Gasteiger partial charge is 0.321 e. The van der Waals surface area contributed by atoms with Crippen molar-refractivity contribution in [2.24, 2.45) is 0 Å². The Morgan fingerprint density at radius 3 is 2.69 bits per heavy atom. The normalized spacial score (nSPS) is 24.7. The molecule has 1 spiro atoms. The summed E-state index contributed by atoms with van der Waals surface area (Å²) in [6.07, 6.45) is 2.20. The van der Waals surface area contributed by atoms with E-state index in [0.29, 0.717) is 30.2 Å². The number of aryl methyl sites for hydroxylation is 1. The maximum Gasteiger partial charge on any atom is 0.321 e. The first kappa shape index (κ1) is 19.0. The van der Waals surface area contributed by atoms with Gasteiger partial charge < -0.3 is 15.1 Å². The molecule has 26 heavy (non-hydrogen) atoms. The molecule has 0 saturated carbocycles. The molecule has 6 nitrogen and oxygen atoms in total. The molecular weight excluding hydrogens is 352 g/mol. The van der Waals surface area contributed by atoms with E-state index in [-0.39, 0.29) is 17.5 Å². The number of hydrogen-bond donors (Lipinski definition) is 1. The third-order valence-electron chi connectivity index (χ3n) is 5.85. The molecule has 1 atom stereocenters. The van der Waals surface area contributed by atoms with Gasteiger partial charge in [-0.3, -0.25) is 9.69 Å². The average Bonchev–Trinajstić information content (AvgIpc) is 2.75. The largest absolute Gasteiger partial charge is 0.346 e. The molecule has 2 heterocycles. The summed E-state index contributed by atoms with van der Waals surface area (Å²) in [4.78, 5) is 30.8. The van der Waals surface area contributed by atoms with Crippen LogP contribution in [0.1, 0.15) is 24.8 Å². The van der Waals surface area contributed by atoms with Crippen molar-refractivity contribution in [2.45, 2.75) is 31.7 Å². The minimum absolute atomic E-state index is 0.110. The Balaban J connectivity index is 1.71. The van der Waals surface area contributed by atoms with Gasteiger partial charge in [-0.2, -0.15) is 0 Å². The van der Waals surface area contributed by atoms with Gasteiger partial charge >= 0.3 is 6.03 Å². The van der Waals surface area contributed by atoms with E-state index < -0.39 is 0 Å². The summed E-state index contributed by atoms with van der Waals surface area (Å²) in [6, 6.07) is 5.43. The molecule has 1 unspecified atom stereocenters. The molecule has 0 aliphatic carbocycles. The fourth-order valence-electron chi connectivity index (χ4n) is 3.81. The van der Waals surface area contributed by atoms with Crippen molar-refractivity contribution >= 4 is 29.2 Å². The third-order valence-corrected chi connectivity index (χ3v) is 6.26. The van der Waals surface area contributed by atoms with Crippen molar-refractivity contribution in [3.63, 3.8) is 0 Å². The van der Waals surface area contributed by atoms with Gasteiger partial charge in [0.05, 0.1) is 0 Å². The van der Waals surface area contributed by atoms with Gasteiger partial charge in [-0.25, -0.2) is 4.79 Å². The highest BCUT2D eigenvalue weighted by atomic mass is 35.5. The first-order chi connectivity index (χ1) is 12.3. The molecule has 2 saturated heterocycles. The van der Waals surface area contributed by atoms with Crippen molar-refractivity contribution < 1.29 is 9.59 Å². The van der Waals surface area contributed by atoms with E-state index in [2.05, 4.69) is 17.3 Å². The zero-order valence-corrected chi connectivity index (χ0v) is 16.5. The number of likely N-dealkylation sites (N-methyl/N-ethyl adjacent to an activating group) is 1. The van der Waals surface area contributed by atoms with Crippen molar-refractivity contribution in [1.82, 2.24) is 14.7 Å². The van der Waals surface area contributed by atoms with E-state index in [4.69, 9.17) is 11.6 Å². The van der Waals surface area contributed by atoms with Gasteiger partial charge in [0.25, 0.3) is 0 Å². The Labute approximate surface area is 160 Å². The van der Waals surface area contributed by atoms with Crippen LogP contribution in [-0.4, -0.2) is 72.5 Å². The first-order valence-electron chi connectivity index (χ1n) is 9.08. The quantitative estimate of drug-likeness (QED) is 0.817. The van der Waals surface area contributed by atoms with E-state index in [1.54, 1.807) is 11.0 Å². The molecule has 7 heteroatoms. The van der Waals surface area contributed by atoms with Crippen molar-refractivity contribution in [3.8, 4) is 0 Å². The lowest BCUT2D eigenvalue weighted by molar-refractivity contribution is -0.129. The predicted octanol–water partition coefficient (Wildman–Crippen LogP) is 2.81. The summed E-state index contributed by atoms with van der Waals surface area (Å²) >= 11 is 6.16. The van der Waals surface area contributed by atoms with Crippen LogP contribution >= 0.6 is 11.6 Å². The second-order valence-electron chi connectivity index (χ2n) is 7.53. The lowest BCUT2D eigenvalue weighted by atomic mass is 9.86. The number of amides is 3. The van der Waals surface area contributed by atoms with E-state index in [9.17, 15) is 9.59 Å². The molecular formula is C19H27ClN4O2. The second-order valence-corrected chi connectivity index (χ2v) is 7.93. The summed E-state index contributed by atoms with van der Waals surface area (Å²) in [5, 5.41) is 3.60. The van der Waals surface area contributed by atoms with Crippen LogP contribution in [0.2, 0.25) is 5.02 Å². The van der Waals surface area contributed by atoms with Gasteiger partial charge in [0.1, 0.15) is 0 Å². The number of benzene rings is 1. The summed E-state index contributed by atoms with van der Waals surface area (Å²) in [5.74, 6) is 0.186. The van der Waals surface area contributed by atoms with Crippen LogP contribution in [0.15, 0.2) is 18.2 Å². The maximum absolute atomic E-state index is 12.8. The predicted molar refractivity (Wildman–Crippen MR) is 104 cm³/mol. The lowest BCUT2D eigenvalue weighted by Crippen LogP contribution is -2.62. The number of nitrogens with zero attached hydrogens (tertiary/aromatic N) is 3. The van der Waals surface area contributed by atoms with E-state index >= 15 is 0 Å². The summed E-state index contributed by atoms with van der Waals surface area (Å²) in [6.45, 7) is 4.78. The van der Waals surface area contributed by atoms with E-state index in [1.165, 1.54) is 0 Å². The monoisotopic (exact) mass is 378 g/mol. The third kappa shape index (κ3) is 3.81. The number of carbonyl (C=O) groups is 2. The topological polar surface area (TPSA) is 55.9 Å². The number of piperazine rings is 1. The van der Waals surface area contributed by atoms with Gasteiger partial charge in [-0.15, -0.1) is 0 Å². The van der Waals surface area contributed by atoms with Crippen molar-refractivity contribution in [2.75, 3.05) is 45.6 Å². The molecule has 0 radical (unpaired) electrons. The van der Waals surface area contributed by atoms with Gasteiger partial charge in [0, 0.05) is 55.9 Å². The summed E-state index contributed by atoms with van der Waals surface area (Å²) in [7, 11) is 3.96. The molecule has 1 N–H and O–H groups in total. The number of halogens is 1. The molecule has 1 aromatic carbocycles. The lowest BCUT2D eigenvalue weighted by Gasteiger charge is -2.49. The van der Waals surface area contributed by atoms with Crippen LogP contribution in [0.5, 0.6) is 0 Å². The number of nitrogens with one attached hydrogen (secondary N) is 1. The van der Waals surface area contributed by atoms with Gasteiger partial charge in [0.15, 0.2) is 0 Å². The Morgan fingerprint density at radius 2 is 1.96 bits per heavy atom. The van der Waals surface area contributed by atoms with Gasteiger partial charge in [-0.1, -0.05) is 17.7 Å². The first-order valence-corrected chi connectivity index (χ1v) is 9.46. The Kier molecular flexibility index (Phi) is 5.44. The number of rotatable bonds is 1. The summed E-state index contributed by atoms with van der Waals surface area (Å²) < 4.78 is 0. The molecule has 3 amide bonds. The molecule has 1 aromatic rings. The highest BCUT2D eigenvalue weighted by Crippen LogP contribution is 2.32. The van der Waals surface area contributed by atoms with E-state index in [1.807, 2.05) is 31.0 Å². The van der Waals surface area contributed by atoms with E-state index in [0.717, 1.165) is 31.5 Å². The van der Waals surface area contributed by atoms with Crippen LogP contribution in [0.3, 0.4) is 0 Å². The molecule has 0 aromatic heterocycles. The molecule has 0 bridgehead atoms. The van der Waals surface area contributed by atoms with Crippen LogP contribution < -0.4 is 5.32 Å². The SMILES string of the molecule is Cc1ccc(NC(=O)N2CCN(C)C3(CCC(=O)N(C)CC3)C2)cc1Cl. The molecule has 3 rings (SSSR count). The van der Waals surface area contributed by atoms with Crippen LogP contribution in [0.25, 0.3) is 0 Å². The molecule has 2 aliphatic rings. The molecule has 2 fully saturated rings. The highest BCUT2D eigenvalue weighted by molar-refractivity contribution is 6.31. The Hall–Kier alpha value is -1.79. The Bertz CT molecular complexity index is 711. The fraction of sp³-hybridized carbons (Fsp3) is 0.579. The minimum Gasteiger partial charge on any atom is -0.346 e. The number of urea groups is 1. The van der Waals surface area contributed by atoms with Crippen molar-refractivity contribution in [1.29, 1.82) is 0 Å². The zero-order valence-electron chi connectivity index (χ0n) is 15.7. The average molecular weight is 379 g/mol. The molecule has 2 aliphatic heterocycles.